The maximum atomic E-state index is 12.4. The van der Waals surface area contributed by atoms with Gasteiger partial charge in [-0.15, -0.1) is 0 Å². The molecule has 0 aliphatic carbocycles. The third-order valence-electron chi connectivity index (χ3n) is 5.79. The van der Waals surface area contributed by atoms with Gasteiger partial charge in [0.25, 0.3) is 5.91 Å². The molecule has 172 valence electrons. The molecule has 1 heterocycles. The molecule has 0 radical (unpaired) electrons. The monoisotopic (exact) mass is 447 g/mol. The number of rotatable bonds is 8. The van der Waals surface area contributed by atoms with Crippen LogP contribution in [0, 0.1) is 0 Å². The van der Waals surface area contributed by atoms with Gasteiger partial charge in [0.15, 0.2) is 11.5 Å². The first-order valence-electron chi connectivity index (χ1n) is 10.9. The van der Waals surface area contributed by atoms with Gasteiger partial charge in [0, 0.05) is 31.0 Å². The lowest BCUT2D eigenvalue weighted by atomic mass is 9.99. The Labute approximate surface area is 194 Å². The highest BCUT2D eigenvalue weighted by Crippen LogP contribution is 2.33. The molecule has 0 spiro atoms. The van der Waals surface area contributed by atoms with E-state index in [4.69, 9.17) is 19.9 Å². The van der Waals surface area contributed by atoms with Crippen LogP contribution >= 0.6 is 0 Å². The van der Waals surface area contributed by atoms with Gasteiger partial charge in [0.2, 0.25) is 0 Å². The van der Waals surface area contributed by atoms with Crippen molar-refractivity contribution in [1.29, 1.82) is 0 Å². The summed E-state index contributed by atoms with van der Waals surface area (Å²) < 4.78 is 16.8. The van der Waals surface area contributed by atoms with Crippen molar-refractivity contribution in [3.8, 4) is 17.2 Å². The van der Waals surface area contributed by atoms with Crippen LogP contribution in [0.4, 0.5) is 11.4 Å². The molecule has 0 fully saturated rings. The van der Waals surface area contributed by atoms with Gasteiger partial charge in [-0.25, -0.2) is 0 Å². The Kier molecular flexibility index (Phi) is 7.00. The van der Waals surface area contributed by atoms with Crippen LogP contribution in [0.25, 0.3) is 0 Å². The van der Waals surface area contributed by atoms with Crippen LogP contribution in [0.2, 0.25) is 0 Å². The van der Waals surface area contributed by atoms with Crippen molar-refractivity contribution in [2.45, 2.75) is 13.0 Å². The molecule has 0 atom stereocenters. The highest BCUT2D eigenvalue weighted by atomic mass is 16.5. The zero-order chi connectivity index (χ0) is 23.2. The number of nitrogen functional groups attached to an aromatic ring is 1. The molecular weight excluding hydrogens is 418 g/mol. The predicted octanol–water partition coefficient (Wildman–Crippen LogP) is 3.98. The van der Waals surface area contributed by atoms with E-state index in [1.807, 2.05) is 24.3 Å². The first-order chi connectivity index (χ1) is 16.1. The lowest BCUT2D eigenvalue weighted by molar-refractivity contribution is 0.102. The van der Waals surface area contributed by atoms with E-state index in [-0.39, 0.29) is 5.91 Å². The van der Waals surface area contributed by atoms with Gasteiger partial charge in [-0.2, -0.15) is 0 Å². The number of amides is 1. The number of nitrogens with zero attached hydrogens (tertiary/aromatic N) is 1. The van der Waals surface area contributed by atoms with Gasteiger partial charge in [-0.1, -0.05) is 12.1 Å². The number of methoxy groups -OCH3 is 2. The average molecular weight is 448 g/mol. The molecule has 1 aliphatic rings. The van der Waals surface area contributed by atoms with Crippen molar-refractivity contribution in [3.05, 3.63) is 77.4 Å². The van der Waals surface area contributed by atoms with Gasteiger partial charge in [-0.3, -0.25) is 9.69 Å². The van der Waals surface area contributed by atoms with Crippen molar-refractivity contribution >= 4 is 17.3 Å². The second kappa shape index (κ2) is 10.3. The van der Waals surface area contributed by atoms with Crippen LogP contribution < -0.4 is 25.3 Å². The summed E-state index contributed by atoms with van der Waals surface area (Å²) in [7, 11) is 3.32. The third kappa shape index (κ3) is 5.38. The topological polar surface area (TPSA) is 86.0 Å². The normalized spacial score (nSPS) is 13.2. The predicted molar refractivity (Wildman–Crippen MR) is 129 cm³/mol. The molecule has 0 aromatic heterocycles. The van der Waals surface area contributed by atoms with Crippen LogP contribution in [0.1, 0.15) is 21.5 Å². The lowest BCUT2D eigenvalue weighted by Crippen LogP contribution is -2.33. The number of fused-ring (bicyclic) bond motifs is 1. The Morgan fingerprint density at radius 1 is 1.00 bits per heavy atom. The van der Waals surface area contributed by atoms with Crippen molar-refractivity contribution in [2.24, 2.45) is 0 Å². The lowest BCUT2D eigenvalue weighted by Gasteiger charge is -2.29. The van der Waals surface area contributed by atoms with Crippen LogP contribution in [-0.2, 0) is 13.0 Å². The molecule has 3 aromatic carbocycles. The number of hydrogen-bond donors (Lipinski definition) is 2. The molecule has 0 saturated carbocycles. The molecule has 1 aliphatic heterocycles. The maximum absolute atomic E-state index is 12.4. The Morgan fingerprint density at radius 3 is 2.39 bits per heavy atom. The van der Waals surface area contributed by atoms with Crippen molar-refractivity contribution in [3.63, 3.8) is 0 Å². The number of hydrogen-bond acceptors (Lipinski definition) is 6. The number of carbonyl (C=O) groups excluding carboxylic acids is 1. The van der Waals surface area contributed by atoms with Gasteiger partial charge >= 0.3 is 0 Å². The highest BCUT2D eigenvalue weighted by Gasteiger charge is 2.19. The molecule has 33 heavy (non-hydrogen) atoms. The van der Waals surface area contributed by atoms with Gasteiger partial charge in [-0.05, 0) is 66.1 Å². The largest absolute Gasteiger partial charge is 0.493 e. The molecule has 3 N–H and O–H groups in total. The molecule has 0 bridgehead atoms. The van der Waals surface area contributed by atoms with Gasteiger partial charge in [0.1, 0.15) is 12.4 Å². The zero-order valence-electron chi connectivity index (χ0n) is 19.0. The fraction of sp³-hybridized carbons (Fsp3) is 0.269. The summed E-state index contributed by atoms with van der Waals surface area (Å²) in [6.07, 6.45) is 0.968. The number of carbonyl (C=O) groups is 1. The van der Waals surface area contributed by atoms with E-state index < -0.39 is 0 Å². The van der Waals surface area contributed by atoms with Crippen molar-refractivity contribution in [2.75, 3.05) is 45.0 Å². The fourth-order valence-electron chi connectivity index (χ4n) is 3.96. The van der Waals surface area contributed by atoms with E-state index in [9.17, 15) is 4.79 Å². The summed E-state index contributed by atoms with van der Waals surface area (Å²) in [5, 5.41) is 2.86. The molecule has 4 rings (SSSR count). The molecule has 3 aromatic rings. The van der Waals surface area contributed by atoms with Crippen LogP contribution in [0.5, 0.6) is 17.2 Å². The minimum Gasteiger partial charge on any atom is -0.493 e. The second-order valence-electron chi connectivity index (χ2n) is 7.92. The number of nitrogens with two attached hydrogens (primary N) is 1. The summed E-state index contributed by atoms with van der Waals surface area (Å²) >= 11 is 0. The number of ether oxygens (including phenoxy) is 3. The number of benzene rings is 3. The van der Waals surface area contributed by atoms with E-state index in [1.165, 1.54) is 11.1 Å². The summed E-state index contributed by atoms with van der Waals surface area (Å²) in [5.41, 5.74) is 10.0. The minimum atomic E-state index is -0.235. The van der Waals surface area contributed by atoms with Gasteiger partial charge in [0.05, 0.1) is 19.8 Å². The van der Waals surface area contributed by atoms with E-state index in [0.29, 0.717) is 23.5 Å². The Morgan fingerprint density at radius 2 is 1.70 bits per heavy atom. The summed E-state index contributed by atoms with van der Waals surface area (Å²) in [5.74, 6) is 2.06. The molecule has 7 nitrogen and oxygen atoms in total. The smallest absolute Gasteiger partial charge is 0.257 e. The first-order valence-corrected chi connectivity index (χ1v) is 10.9. The second-order valence-corrected chi connectivity index (χ2v) is 7.92. The van der Waals surface area contributed by atoms with Crippen molar-refractivity contribution in [1.82, 2.24) is 4.90 Å². The van der Waals surface area contributed by atoms with Crippen LogP contribution in [-0.4, -0.2) is 44.7 Å². The van der Waals surface area contributed by atoms with Crippen LogP contribution in [0.15, 0.2) is 60.7 Å². The number of anilines is 2. The number of nitrogens with one attached hydrogen (secondary N) is 1. The Hall–Kier alpha value is -3.71. The molecule has 0 saturated heterocycles. The Balaban J connectivity index is 1.27. The average Bonchev–Trinajstić information content (AvgIpc) is 2.84. The Bertz CT molecular complexity index is 1120. The molecule has 1 amide bonds. The minimum absolute atomic E-state index is 0.235. The molecular formula is C26H29N3O4. The zero-order valence-corrected chi connectivity index (χ0v) is 19.0. The van der Waals surface area contributed by atoms with Crippen molar-refractivity contribution < 1.29 is 19.0 Å². The SMILES string of the molecule is COc1cc2c(cc1OC)CN(CCOc1ccc(NC(=O)c3ccccc3N)cc1)CC2. The summed E-state index contributed by atoms with van der Waals surface area (Å²) in [4.78, 5) is 14.8. The molecule has 7 heteroatoms. The maximum Gasteiger partial charge on any atom is 0.257 e. The summed E-state index contributed by atoms with van der Waals surface area (Å²) in [6, 6.07) is 18.5. The standard InChI is InChI=1S/C26H29N3O4/c1-31-24-15-18-11-12-29(17-19(18)16-25(24)32-2)13-14-33-21-9-7-20(8-10-21)28-26(30)22-5-3-4-6-23(22)27/h3-10,15-16H,11-14,17,27H2,1-2H3,(H,28,30). The van der Waals surface area contributed by atoms with E-state index in [2.05, 4.69) is 22.3 Å². The van der Waals surface area contributed by atoms with E-state index >= 15 is 0 Å². The van der Waals surface area contributed by atoms with Gasteiger partial charge < -0.3 is 25.3 Å². The van der Waals surface area contributed by atoms with E-state index in [0.717, 1.165) is 43.3 Å². The number of para-hydroxylation sites is 1. The van der Waals surface area contributed by atoms with Crippen LogP contribution in [0.3, 0.4) is 0 Å². The summed E-state index contributed by atoms with van der Waals surface area (Å²) in [6.45, 7) is 3.22. The quantitative estimate of drug-likeness (QED) is 0.508. The first kappa shape index (κ1) is 22.5. The fourth-order valence-corrected chi connectivity index (χ4v) is 3.96. The third-order valence-corrected chi connectivity index (χ3v) is 5.79. The molecule has 0 unspecified atom stereocenters. The highest BCUT2D eigenvalue weighted by molar-refractivity contribution is 6.07. The van der Waals surface area contributed by atoms with E-state index in [1.54, 1.807) is 38.5 Å².